The van der Waals surface area contributed by atoms with Crippen LogP contribution in [0.5, 0.6) is 0 Å². The van der Waals surface area contributed by atoms with Crippen LogP contribution in [0, 0.1) is 21.8 Å². The number of rotatable bonds is 5. The molecule has 5 nitrogen and oxygen atoms in total. The third kappa shape index (κ3) is 4.25. The Kier molecular flexibility index (Phi) is 5.03. The van der Waals surface area contributed by atoms with Gasteiger partial charge in [0.25, 0.3) is 5.69 Å². The van der Waals surface area contributed by atoms with Crippen molar-refractivity contribution in [2.75, 3.05) is 26.7 Å². The van der Waals surface area contributed by atoms with Gasteiger partial charge in [-0.05, 0) is 50.5 Å². The molecule has 0 amide bonds. The maximum Gasteiger partial charge on any atom is 0.272 e. The van der Waals surface area contributed by atoms with Crippen molar-refractivity contribution in [1.29, 1.82) is 0 Å². The van der Waals surface area contributed by atoms with E-state index in [-0.39, 0.29) is 5.69 Å². The Labute approximate surface area is 117 Å². The van der Waals surface area contributed by atoms with Crippen LogP contribution in [0.25, 0.3) is 0 Å². The molecule has 1 aromatic carbocycles. The SMILES string of the molecule is CN(Cc1cc(F)cc([N+](=O)[O-])c1)CC1CCCNC1. The molecule has 0 spiro atoms. The van der Waals surface area contributed by atoms with Crippen molar-refractivity contribution in [2.24, 2.45) is 5.92 Å². The lowest BCUT2D eigenvalue weighted by molar-refractivity contribution is -0.385. The zero-order chi connectivity index (χ0) is 14.5. The molecule has 1 fully saturated rings. The van der Waals surface area contributed by atoms with E-state index in [1.54, 1.807) is 0 Å². The minimum absolute atomic E-state index is 0.187. The van der Waals surface area contributed by atoms with Crippen molar-refractivity contribution >= 4 is 5.69 Å². The molecule has 0 radical (unpaired) electrons. The molecule has 20 heavy (non-hydrogen) atoms. The first kappa shape index (κ1) is 14.9. The normalized spacial score (nSPS) is 19.2. The number of nitro benzene ring substituents is 1. The summed E-state index contributed by atoms with van der Waals surface area (Å²) in [6, 6.07) is 3.76. The minimum atomic E-state index is -0.558. The van der Waals surface area contributed by atoms with E-state index >= 15 is 0 Å². The Morgan fingerprint density at radius 1 is 1.50 bits per heavy atom. The molecule has 1 atom stereocenters. The quantitative estimate of drug-likeness (QED) is 0.664. The molecule has 110 valence electrons. The number of nitrogens with zero attached hydrogens (tertiary/aromatic N) is 2. The van der Waals surface area contributed by atoms with Crippen LogP contribution in [-0.4, -0.2) is 36.5 Å². The van der Waals surface area contributed by atoms with Crippen molar-refractivity contribution in [3.63, 3.8) is 0 Å². The molecular formula is C14H20FN3O2. The van der Waals surface area contributed by atoms with E-state index in [4.69, 9.17) is 0 Å². The zero-order valence-corrected chi connectivity index (χ0v) is 11.6. The summed E-state index contributed by atoms with van der Waals surface area (Å²) in [5.41, 5.74) is 0.454. The van der Waals surface area contributed by atoms with Crippen molar-refractivity contribution in [2.45, 2.75) is 19.4 Å². The molecule has 1 aliphatic rings. The number of benzene rings is 1. The first-order valence-corrected chi connectivity index (χ1v) is 6.87. The number of hydrogen-bond acceptors (Lipinski definition) is 4. The second-order valence-corrected chi connectivity index (χ2v) is 5.48. The fourth-order valence-corrected chi connectivity index (χ4v) is 2.73. The molecular weight excluding hydrogens is 261 g/mol. The third-order valence-corrected chi connectivity index (χ3v) is 3.57. The first-order valence-electron chi connectivity index (χ1n) is 6.87. The minimum Gasteiger partial charge on any atom is -0.316 e. The maximum atomic E-state index is 13.4. The average Bonchev–Trinajstić information content (AvgIpc) is 2.38. The highest BCUT2D eigenvalue weighted by molar-refractivity contribution is 5.35. The van der Waals surface area contributed by atoms with E-state index < -0.39 is 10.7 Å². The van der Waals surface area contributed by atoms with Gasteiger partial charge in [0, 0.05) is 19.2 Å². The molecule has 0 bridgehead atoms. The lowest BCUT2D eigenvalue weighted by atomic mass is 9.99. The van der Waals surface area contributed by atoms with Crippen LogP contribution in [0.3, 0.4) is 0 Å². The van der Waals surface area contributed by atoms with E-state index in [2.05, 4.69) is 10.2 Å². The largest absolute Gasteiger partial charge is 0.316 e. The predicted octanol–water partition coefficient (Wildman–Crippen LogP) is 2.17. The van der Waals surface area contributed by atoms with Crippen LogP contribution < -0.4 is 5.32 Å². The highest BCUT2D eigenvalue weighted by atomic mass is 19.1. The van der Waals surface area contributed by atoms with Crippen molar-refractivity contribution in [1.82, 2.24) is 10.2 Å². The number of non-ortho nitro benzene ring substituents is 1. The summed E-state index contributed by atoms with van der Waals surface area (Å²) in [6.45, 7) is 3.52. The summed E-state index contributed by atoms with van der Waals surface area (Å²) in [4.78, 5) is 12.3. The van der Waals surface area contributed by atoms with Crippen LogP contribution in [0.4, 0.5) is 10.1 Å². The maximum absolute atomic E-state index is 13.4. The van der Waals surface area contributed by atoms with Gasteiger partial charge in [-0.1, -0.05) is 0 Å². The van der Waals surface area contributed by atoms with Gasteiger partial charge < -0.3 is 10.2 Å². The molecule has 1 aromatic rings. The van der Waals surface area contributed by atoms with Gasteiger partial charge in [-0.15, -0.1) is 0 Å². The summed E-state index contributed by atoms with van der Waals surface area (Å²) >= 11 is 0. The number of hydrogen-bond donors (Lipinski definition) is 1. The monoisotopic (exact) mass is 281 g/mol. The van der Waals surface area contributed by atoms with Crippen LogP contribution in [-0.2, 0) is 6.54 Å². The summed E-state index contributed by atoms with van der Waals surface area (Å²) < 4.78 is 13.4. The molecule has 1 heterocycles. The van der Waals surface area contributed by atoms with Crippen molar-refractivity contribution in [3.8, 4) is 0 Å². The third-order valence-electron chi connectivity index (χ3n) is 3.57. The Balaban J connectivity index is 1.96. The smallest absolute Gasteiger partial charge is 0.272 e. The van der Waals surface area contributed by atoms with E-state index in [1.807, 2.05) is 7.05 Å². The Morgan fingerprint density at radius 2 is 2.30 bits per heavy atom. The molecule has 0 saturated carbocycles. The molecule has 0 aliphatic carbocycles. The number of halogens is 1. The summed E-state index contributed by atoms with van der Waals surface area (Å²) in [5, 5.41) is 14.1. The van der Waals surface area contributed by atoms with E-state index in [9.17, 15) is 14.5 Å². The second-order valence-electron chi connectivity index (χ2n) is 5.48. The van der Waals surface area contributed by atoms with E-state index in [0.717, 1.165) is 25.7 Å². The lowest BCUT2D eigenvalue weighted by Crippen LogP contribution is -2.36. The second kappa shape index (κ2) is 6.76. The molecule has 1 unspecified atom stereocenters. The standard InChI is InChI=1S/C14H20FN3O2/c1-17(9-11-3-2-4-16-8-11)10-12-5-13(15)7-14(6-12)18(19)20/h5-7,11,16H,2-4,8-10H2,1H3. The van der Waals surface area contributed by atoms with Gasteiger partial charge in [-0.25, -0.2) is 4.39 Å². The Bertz CT molecular complexity index is 475. The van der Waals surface area contributed by atoms with Gasteiger partial charge >= 0.3 is 0 Å². The van der Waals surface area contributed by atoms with Crippen LogP contribution in [0.1, 0.15) is 18.4 Å². The fraction of sp³-hybridized carbons (Fsp3) is 0.571. The van der Waals surface area contributed by atoms with Crippen LogP contribution >= 0.6 is 0 Å². The zero-order valence-electron chi connectivity index (χ0n) is 11.6. The average molecular weight is 281 g/mol. The highest BCUT2D eigenvalue weighted by Crippen LogP contribution is 2.18. The van der Waals surface area contributed by atoms with Gasteiger partial charge in [0.1, 0.15) is 5.82 Å². The van der Waals surface area contributed by atoms with Gasteiger partial charge in [0.2, 0.25) is 0 Å². The van der Waals surface area contributed by atoms with Gasteiger partial charge in [0.15, 0.2) is 0 Å². The molecule has 0 aromatic heterocycles. The molecule has 6 heteroatoms. The van der Waals surface area contributed by atoms with E-state index in [0.29, 0.717) is 18.0 Å². The summed E-state index contributed by atoms with van der Waals surface area (Å²) in [6.07, 6.45) is 2.38. The Morgan fingerprint density at radius 3 is 2.95 bits per heavy atom. The lowest BCUT2D eigenvalue weighted by Gasteiger charge is -2.27. The summed E-state index contributed by atoms with van der Waals surface area (Å²) in [7, 11) is 1.96. The number of piperidine rings is 1. The van der Waals surface area contributed by atoms with Crippen molar-refractivity contribution < 1.29 is 9.31 Å². The van der Waals surface area contributed by atoms with Gasteiger partial charge in [-0.3, -0.25) is 10.1 Å². The summed E-state index contributed by atoms with van der Waals surface area (Å²) in [5.74, 6) is 0.0410. The van der Waals surface area contributed by atoms with Crippen LogP contribution in [0.15, 0.2) is 18.2 Å². The Hall–Kier alpha value is -1.53. The topological polar surface area (TPSA) is 58.4 Å². The number of nitrogens with one attached hydrogen (secondary N) is 1. The van der Waals surface area contributed by atoms with Crippen molar-refractivity contribution in [3.05, 3.63) is 39.7 Å². The molecule has 1 N–H and O–H groups in total. The van der Waals surface area contributed by atoms with Gasteiger partial charge in [0.05, 0.1) is 11.0 Å². The predicted molar refractivity (Wildman–Crippen MR) is 75.0 cm³/mol. The fourth-order valence-electron chi connectivity index (χ4n) is 2.73. The number of nitro groups is 1. The van der Waals surface area contributed by atoms with Gasteiger partial charge in [-0.2, -0.15) is 0 Å². The van der Waals surface area contributed by atoms with Crippen LogP contribution in [0.2, 0.25) is 0 Å². The first-order chi connectivity index (χ1) is 9.54. The highest BCUT2D eigenvalue weighted by Gasteiger charge is 2.16. The van der Waals surface area contributed by atoms with E-state index in [1.165, 1.54) is 25.0 Å². The molecule has 2 rings (SSSR count). The molecule has 1 saturated heterocycles. The molecule has 1 aliphatic heterocycles.